The van der Waals surface area contributed by atoms with E-state index in [1.54, 1.807) is 20.4 Å². The fourth-order valence-corrected chi connectivity index (χ4v) is 2.61. The third-order valence-corrected chi connectivity index (χ3v) is 4.05. The van der Waals surface area contributed by atoms with E-state index in [1.165, 1.54) is 5.56 Å². The molecular formula is C21H30N4O3. The maximum Gasteiger partial charge on any atom is 0.218 e. The molecule has 7 heteroatoms. The largest absolute Gasteiger partial charge is 0.497 e. The molecule has 0 spiro atoms. The first-order valence-corrected chi connectivity index (χ1v) is 9.36. The van der Waals surface area contributed by atoms with Crippen LogP contribution in [0.5, 0.6) is 11.6 Å². The number of aromatic nitrogens is 1. The normalized spacial score (nSPS) is 11.2. The van der Waals surface area contributed by atoms with Crippen molar-refractivity contribution in [3.05, 3.63) is 53.7 Å². The molecule has 0 amide bonds. The van der Waals surface area contributed by atoms with Gasteiger partial charge in [0.1, 0.15) is 12.4 Å². The molecule has 0 fully saturated rings. The standard InChI is InChI=1S/C21H30N4O3/c1-5-22-21(25(2)16-17-8-10-19(27-4)11-9-17)24-15-18-7-6-12-23-20(18)28-14-13-26-3/h6-12H,5,13-16H2,1-4H3,(H,22,24). The number of nitrogens with zero attached hydrogens (tertiary/aromatic N) is 3. The molecule has 0 radical (unpaired) electrons. The first-order chi connectivity index (χ1) is 13.7. The van der Waals surface area contributed by atoms with Gasteiger partial charge in [-0.05, 0) is 30.7 Å². The average Bonchev–Trinajstić information content (AvgIpc) is 2.72. The number of hydrogen-bond donors (Lipinski definition) is 1. The molecule has 1 N–H and O–H groups in total. The zero-order valence-corrected chi connectivity index (χ0v) is 17.1. The molecule has 0 saturated heterocycles. The summed E-state index contributed by atoms with van der Waals surface area (Å²) < 4.78 is 15.9. The summed E-state index contributed by atoms with van der Waals surface area (Å²) in [5.74, 6) is 2.27. The minimum Gasteiger partial charge on any atom is -0.497 e. The highest BCUT2D eigenvalue weighted by molar-refractivity contribution is 5.79. The number of methoxy groups -OCH3 is 2. The van der Waals surface area contributed by atoms with Gasteiger partial charge in [0.15, 0.2) is 5.96 Å². The fourth-order valence-electron chi connectivity index (χ4n) is 2.61. The van der Waals surface area contributed by atoms with Crippen LogP contribution in [0.25, 0.3) is 0 Å². The molecule has 28 heavy (non-hydrogen) atoms. The zero-order valence-electron chi connectivity index (χ0n) is 17.1. The minimum atomic E-state index is 0.460. The number of ether oxygens (including phenoxy) is 3. The van der Waals surface area contributed by atoms with Crippen LogP contribution in [0.15, 0.2) is 47.6 Å². The van der Waals surface area contributed by atoms with E-state index in [4.69, 9.17) is 19.2 Å². The van der Waals surface area contributed by atoms with Crippen molar-refractivity contribution in [3.8, 4) is 11.6 Å². The summed E-state index contributed by atoms with van der Waals surface area (Å²) >= 11 is 0. The van der Waals surface area contributed by atoms with E-state index < -0.39 is 0 Å². The predicted octanol–water partition coefficient (Wildman–Crippen LogP) is 2.71. The van der Waals surface area contributed by atoms with Crippen LogP contribution in [0.4, 0.5) is 0 Å². The summed E-state index contributed by atoms with van der Waals surface area (Å²) in [4.78, 5) is 11.2. The van der Waals surface area contributed by atoms with Crippen molar-refractivity contribution in [2.45, 2.75) is 20.0 Å². The SMILES string of the molecule is CCNC(=NCc1cccnc1OCCOC)N(C)Cc1ccc(OC)cc1. The van der Waals surface area contributed by atoms with Crippen molar-refractivity contribution in [3.63, 3.8) is 0 Å². The van der Waals surface area contributed by atoms with E-state index in [-0.39, 0.29) is 0 Å². The van der Waals surface area contributed by atoms with Crippen LogP contribution in [-0.2, 0) is 17.8 Å². The maximum atomic E-state index is 5.70. The third kappa shape index (κ3) is 6.74. The van der Waals surface area contributed by atoms with Crippen molar-refractivity contribution in [2.75, 3.05) is 41.0 Å². The van der Waals surface area contributed by atoms with Gasteiger partial charge in [-0.1, -0.05) is 18.2 Å². The van der Waals surface area contributed by atoms with E-state index >= 15 is 0 Å². The number of nitrogens with one attached hydrogen (secondary N) is 1. The average molecular weight is 386 g/mol. The number of benzene rings is 1. The van der Waals surface area contributed by atoms with Crippen molar-refractivity contribution >= 4 is 5.96 Å². The molecular weight excluding hydrogens is 356 g/mol. The van der Waals surface area contributed by atoms with Crippen LogP contribution < -0.4 is 14.8 Å². The topological polar surface area (TPSA) is 68.2 Å². The Balaban J connectivity index is 2.06. The van der Waals surface area contributed by atoms with Crippen LogP contribution in [0.1, 0.15) is 18.1 Å². The Morgan fingerprint density at radius 2 is 1.93 bits per heavy atom. The summed E-state index contributed by atoms with van der Waals surface area (Å²) in [6.45, 7) is 5.04. The highest BCUT2D eigenvalue weighted by Gasteiger charge is 2.09. The fraction of sp³-hybridized carbons (Fsp3) is 0.429. The summed E-state index contributed by atoms with van der Waals surface area (Å²) in [5, 5.41) is 3.34. The van der Waals surface area contributed by atoms with Gasteiger partial charge >= 0.3 is 0 Å². The monoisotopic (exact) mass is 386 g/mol. The molecule has 0 unspecified atom stereocenters. The number of guanidine groups is 1. The Kier molecular flexibility index (Phi) is 9.07. The van der Waals surface area contributed by atoms with E-state index in [0.29, 0.717) is 25.6 Å². The van der Waals surface area contributed by atoms with Crippen molar-refractivity contribution in [1.82, 2.24) is 15.2 Å². The molecule has 1 aromatic carbocycles. The molecule has 0 bridgehead atoms. The molecule has 152 valence electrons. The summed E-state index contributed by atoms with van der Waals surface area (Å²) in [6.07, 6.45) is 1.72. The first kappa shape index (κ1) is 21.5. The van der Waals surface area contributed by atoms with Gasteiger partial charge < -0.3 is 24.4 Å². The van der Waals surface area contributed by atoms with Gasteiger partial charge in [0.25, 0.3) is 0 Å². The lowest BCUT2D eigenvalue weighted by Gasteiger charge is -2.22. The van der Waals surface area contributed by atoms with E-state index in [1.807, 2.05) is 31.3 Å². The van der Waals surface area contributed by atoms with Crippen molar-refractivity contribution < 1.29 is 14.2 Å². The Hall–Kier alpha value is -2.80. The molecule has 2 aromatic rings. The predicted molar refractivity (Wildman–Crippen MR) is 111 cm³/mol. The van der Waals surface area contributed by atoms with E-state index in [2.05, 4.69) is 34.3 Å². The lowest BCUT2D eigenvalue weighted by molar-refractivity contribution is 0.143. The highest BCUT2D eigenvalue weighted by atomic mass is 16.5. The quantitative estimate of drug-likeness (QED) is 0.385. The Morgan fingerprint density at radius 3 is 2.61 bits per heavy atom. The number of hydrogen-bond acceptors (Lipinski definition) is 5. The zero-order chi connectivity index (χ0) is 20.2. The second-order valence-corrected chi connectivity index (χ2v) is 6.18. The Morgan fingerprint density at radius 1 is 1.14 bits per heavy atom. The molecule has 0 aliphatic carbocycles. The Bertz CT molecular complexity index is 735. The van der Waals surface area contributed by atoms with Crippen LogP contribution in [0, 0.1) is 0 Å². The van der Waals surface area contributed by atoms with Crippen molar-refractivity contribution in [2.24, 2.45) is 4.99 Å². The van der Waals surface area contributed by atoms with Gasteiger partial charge in [-0.2, -0.15) is 0 Å². The van der Waals surface area contributed by atoms with E-state index in [0.717, 1.165) is 30.4 Å². The molecule has 1 aromatic heterocycles. The van der Waals surface area contributed by atoms with Crippen LogP contribution >= 0.6 is 0 Å². The van der Waals surface area contributed by atoms with Gasteiger partial charge in [-0.15, -0.1) is 0 Å². The third-order valence-electron chi connectivity index (χ3n) is 4.05. The molecule has 2 rings (SSSR count). The summed E-state index contributed by atoms with van der Waals surface area (Å²) in [5.41, 5.74) is 2.12. The molecule has 0 atom stereocenters. The second-order valence-electron chi connectivity index (χ2n) is 6.18. The van der Waals surface area contributed by atoms with Gasteiger partial charge in [-0.3, -0.25) is 0 Å². The molecule has 1 heterocycles. The van der Waals surface area contributed by atoms with Crippen molar-refractivity contribution in [1.29, 1.82) is 0 Å². The van der Waals surface area contributed by atoms with Gasteiger partial charge in [-0.25, -0.2) is 9.98 Å². The lowest BCUT2D eigenvalue weighted by Crippen LogP contribution is -2.38. The number of aliphatic imine (C=N–C) groups is 1. The molecule has 0 aliphatic rings. The van der Waals surface area contributed by atoms with E-state index in [9.17, 15) is 0 Å². The Labute approximate surface area is 167 Å². The highest BCUT2D eigenvalue weighted by Crippen LogP contribution is 2.16. The smallest absolute Gasteiger partial charge is 0.218 e. The molecule has 7 nitrogen and oxygen atoms in total. The molecule has 0 saturated carbocycles. The van der Waals surface area contributed by atoms with Gasteiger partial charge in [0.05, 0.1) is 20.3 Å². The van der Waals surface area contributed by atoms with Crippen LogP contribution in [0.3, 0.4) is 0 Å². The van der Waals surface area contributed by atoms with Crippen LogP contribution in [0.2, 0.25) is 0 Å². The first-order valence-electron chi connectivity index (χ1n) is 9.36. The second kappa shape index (κ2) is 11.8. The number of pyridine rings is 1. The molecule has 0 aliphatic heterocycles. The number of rotatable bonds is 10. The minimum absolute atomic E-state index is 0.460. The van der Waals surface area contributed by atoms with Gasteiger partial charge in [0.2, 0.25) is 5.88 Å². The maximum absolute atomic E-state index is 5.70. The van der Waals surface area contributed by atoms with Crippen LogP contribution in [-0.4, -0.2) is 56.9 Å². The summed E-state index contributed by atoms with van der Waals surface area (Å²) in [7, 11) is 5.34. The lowest BCUT2D eigenvalue weighted by atomic mass is 10.2. The van der Waals surface area contributed by atoms with Gasteiger partial charge in [0, 0.05) is 39.0 Å². The summed E-state index contributed by atoms with van der Waals surface area (Å²) in [6, 6.07) is 11.9.